The lowest BCUT2D eigenvalue weighted by Gasteiger charge is -2.17. The molecule has 0 saturated heterocycles. The lowest BCUT2D eigenvalue weighted by molar-refractivity contribution is -0.384. The second-order valence-electron chi connectivity index (χ2n) is 7.01. The molecule has 0 saturated carbocycles. The molecule has 0 spiro atoms. The van der Waals surface area contributed by atoms with E-state index in [4.69, 9.17) is 0 Å². The Balaban J connectivity index is 1.81. The van der Waals surface area contributed by atoms with E-state index in [1.54, 1.807) is 23.9 Å². The molecule has 30 heavy (non-hydrogen) atoms. The van der Waals surface area contributed by atoms with Gasteiger partial charge in [-0.1, -0.05) is 90.6 Å². The Hall–Kier alpha value is -3.63. The Morgan fingerprint density at radius 2 is 1.13 bits per heavy atom. The van der Waals surface area contributed by atoms with Crippen LogP contribution >= 0.6 is 11.8 Å². The van der Waals surface area contributed by atoms with Crippen LogP contribution in [0.1, 0.15) is 0 Å². The van der Waals surface area contributed by atoms with Gasteiger partial charge in [-0.25, -0.2) is 0 Å². The van der Waals surface area contributed by atoms with Crippen molar-refractivity contribution < 1.29 is 4.92 Å². The Kier molecular flexibility index (Phi) is 4.69. The van der Waals surface area contributed by atoms with Crippen molar-refractivity contribution in [3.63, 3.8) is 0 Å². The summed E-state index contributed by atoms with van der Waals surface area (Å²) in [5.41, 5.74) is 2.45. The monoisotopic (exact) mass is 407 g/mol. The first-order valence-electron chi connectivity index (χ1n) is 9.63. The molecule has 0 amide bonds. The van der Waals surface area contributed by atoms with Gasteiger partial charge in [-0.05, 0) is 39.2 Å². The van der Waals surface area contributed by atoms with Gasteiger partial charge in [0.05, 0.1) is 4.92 Å². The van der Waals surface area contributed by atoms with Crippen molar-refractivity contribution in [3.05, 3.63) is 113 Å². The van der Waals surface area contributed by atoms with E-state index in [0.29, 0.717) is 0 Å². The van der Waals surface area contributed by atoms with Gasteiger partial charge in [-0.3, -0.25) is 10.1 Å². The quantitative estimate of drug-likeness (QED) is 0.174. The Morgan fingerprint density at radius 1 is 0.600 bits per heavy atom. The van der Waals surface area contributed by atoms with Gasteiger partial charge in [-0.2, -0.15) is 0 Å². The van der Waals surface area contributed by atoms with E-state index in [2.05, 4.69) is 72.8 Å². The summed E-state index contributed by atoms with van der Waals surface area (Å²) in [5.74, 6) is 0. The summed E-state index contributed by atoms with van der Waals surface area (Å²) in [4.78, 5) is 12.8. The fourth-order valence-electron chi connectivity index (χ4n) is 3.86. The predicted octanol–water partition coefficient (Wildman–Crippen LogP) is 7.72. The zero-order chi connectivity index (χ0) is 20.5. The second kappa shape index (κ2) is 7.65. The van der Waals surface area contributed by atoms with Gasteiger partial charge in [0.2, 0.25) is 0 Å². The van der Waals surface area contributed by atoms with Gasteiger partial charge in [0.1, 0.15) is 0 Å². The number of rotatable bonds is 4. The number of benzene rings is 5. The van der Waals surface area contributed by atoms with Crippen molar-refractivity contribution in [3.8, 4) is 11.1 Å². The third kappa shape index (κ3) is 3.21. The average molecular weight is 407 g/mol. The maximum absolute atomic E-state index is 11.0. The number of nitro benzene ring substituents is 1. The molecule has 0 unspecified atom stereocenters. The smallest absolute Gasteiger partial charge is 0.258 e. The van der Waals surface area contributed by atoms with Crippen LogP contribution in [0, 0.1) is 10.1 Å². The van der Waals surface area contributed by atoms with E-state index in [1.165, 1.54) is 27.1 Å². The van der Waals surface area contributed by atoms with E-state index in [-0.39, 0.29) is 10.6 Å². The highest BCUT2D eigenvalue weighted by molar-refractivity contribution is 7.99. The van der Waals surface area contributed by atoms with Crippen LogP contribution in [0.4, 0.5) is 5.69 Å². The number of hydrogen-bond acceptors (Lipinski definition) is 3. The molecule has 0 N–H and O–H groups in total. The summed E-state index contributed by atoms with van der Waals surface area (Å²) in [6.07, 6.45) is 0. The Morgan fingerprint density at radius 3 is 1.77 bits per heavy atom. The zero-order valence-electron chi connectivity index (χ0n) is 16.0. The maximum Gasteiger partial charge on any atom is 0.269 e. The number of fused-ring (bicyclic) bond motifs is 3. The van der Waals surface area contributed by atoms with E-state index in [0.717, 1.165) is 15.4 Å². The minimum absolute atomic E-state index is 0.103. The number of nitrogens with zero attached hydrogens (tertiary/aromatic N) is 1. The number of nitro groups is 1. The van der Waals surface area contributed by atoms with E-state index >= 15 is 0 Å². The third-order valence-corrected chi connectivity index (χ3v) is 6.35. The fraction of sp³-hybridized carbons (Fsp3) is 0. The molecule has 0 heterocycles. The lowest BCUT2D eigenvalue weighted by Crippen LogP contribution is -1.90. The van der Waals surface area contributed by atoms with E-state index < -0.39 is 0 Å². The molecule has 0 aliphatic carbocycles. The highest BCUT2D eigenvalue weighted by Gasteiger charge is 2.17. The minimum Gasteiger partial charge on any atom is -0.258 e. The molecule has 5 aromatic rings. The molecule has 0 radical (unpaired) electrons. The molecule has 0 atom stereocenters. The van der Waals surface area contributed by atoms with Crippen molar-refractivity contribution in [2.45, 2.75) is 9.79 Å². The van der Waals surface area contributed by atoms with Crippen LogP contribution in [0.5, 0.6) is 0 Å². The van der Waals surface area contributed by atoms with Crippen LogP contribution in [0.25, 0.3) is 32.7 Å². The first-order valence-corrected chi connectivity index (χ1v) is 10.5. The number of hydrogen-bond donors (Lipinski definition) is 0. The molecular formula is C26H17NO2S. The first-order chi connectivity index (χ1) is 14.7. The van der Waals surface area contributed by atoms with Crippen molar-refractivity contribution in [1.29, 1.82) is 0 Å². The fourth-order valence-corrected chi connectivity index (χ4v) is 4.99. The van der Waals surface area contributed by atoms with Gasteiger partial charge in [0, 0.05) is 27.5 Å². The summed E-state index contributed by atoms with van der Waals surface area (Å²) in [6.45, 7) is 0. The Labute approximate surface area is 178 Å². The highest BCUT2D eigenvalue weighted by atomic mass is 32.2. The van der Waals surface area contributed by atoms with Gasteiger partial charge >= 0.3 is 0 Å². The van der Waals surface area contributed by atoms with Crippen LogP contribution in [0.3, 0.4) is 0 Å². The van der Waals surface area contributed by atoms with Crippen molar-refractivity contribution >= 4 is 39.0 Å². The molecule has 144 valence electrons. The molecule has 3 nitrogen and oxygen atoms in total. The highest BCUT2D eigenvalue weighted by Crippen LogP contribution is 2.46. The third-order valence-electron chi connectivity index (χ3n) is 5.22. The normalized spacial score (nSPS) is 11.1. The Bertz CT molecular complexity index is 1380. The average Bonchev–Trinajstić information content (AvgIpc) is 2.80. The largest absolute Gasteiger partial charge is 0.269 e. The van der Waals surface area contributed by atoms with Crippen molar-refractivity contribution in [2.75, 3.05) is 0 Å². The maximum atomic E-state index is 11.0. The molecule has 0 aromatic heterocycles. The molecule has 0 fully saturated rings. The minimum atomic E-state index is -0.366. The summed E-state index contributed by atoms with van der Waals surface area (Å²) in [6, 6.07) is 34.1. The predicted molar refractivity (Wildman–Crippen MR) is 124 cm³/mol. The summed E-state index contributed by atoms with van der Waals surface area (Å²) < 4.78 is 0. The SMILES string of the molecule is O=[N+]([O-])c1ccc(Sc2c(-c3ccccc3)c3ccccc3c3ccccc23)cc1. The number of non-ortho nitro benzene ring substituents is 1. The first kappa shape index (κ1) is 18.4. The molecule has 0 aliphatic heterocycles. The van der Waals surface area contributed by atoms with Crippen LogP contribution in [0.15, 0.2) is 113 Å². The molecule has 4 heteroatoms. The molecule has 5 aromatic carbocycles. The van der Waals surface area contributed by atoms with E-state index in [1.807, 2.05) is 18.2 Å². The van der Waals surface area contributed by atoms with Crippen LogP contribution in [-0.2, 0) is 0 Å². The topological polar surface area (TPSA) is 43.1 Å². The van der Waals surface area contributed by atoms with Gasteiger partial charge in [0.15, 0.2) is 0 Å². The summed E-state index contributed by atoms with van der Waals surface area (Å²) >= 11 is 1.65. The van der Waals surface area contributed by atoms with Crippen molar-refractivity contribution in [2.24, 2.45) is 0 Å². The van der Waals surface area contributed by atoms with Crippen LogP contribution < -0.4 is 0 Å². The summed E-state index contributed by atoms with van der Waals surface area (Å²) in [5, 5.41) is 15.8. The molecule has 5 rings (SSSR count). The molecule has 0 aliphatic rings. The molecular weight excluding hydrogens is 390 g/mol. The second-order valence-corrected chi connectivity index (χ2v) is 8.10. The van der Waals surface area contributed by atoms with E-state index in [9.17, 15) is 10.1 Å². The van der Waals surface area contributed by atoms with Crippen LogP contribution in [-0.4, -0.2) is 4.92 Å². The van der Waals surface area contributed by atoms with Crippen LogP contribution in [0.2, 0.25) is 0 Å². The molecule has 0 bridgehead atoms. The standard InChI is InChI=1S/C26H17NO2S/c28-27(29)19-14-16-20(17-15-19)30-26-24-13-7-5-11-22(24)21-10-4-6-12-23(21)25(26)18-8-2-1-3-9-18/h1-17H. The van der Waals surface area contributed by atoms with Gasteiger partial charge in [-0.15, -0.1) is 0 Å². The lowest BCUT2D eigenvalue weighted by atomic mass is 9.93. The van der Waals surface area contributed by atoms with Gasteiger partial charge < -0.3 is 0 Å². The van der Waals surface area contributed by atoms with Crippen molar-refractivity contribution in [1.82, 2.24) is 0 Å². The summed E-state index contributed by atoms with van der Waals surface area (Å²) in [7, 11) is 0. The van der Waals surface area contributed by atoms with Gasteiger partial charge in [0.25, 0.3) is 5.69 Å². The zero-order valence-corrected chi connectivity index (χ0v) is 16.8.